The lowest BCUT2D eigenvalue weighted by Crippen LogP contribution is -2.27. The predicted octanol–water partition coefficient (Wildman–Crippen LogP) is 4.22. The molecule has 0 unspecified atom stereocenters. The van der Waals surface area contributed by atoms with Crippen LogP contribution in [0.4, 0.5) is 0 Å². The van der Waals surface area contributed by atoms with E-state index in [0.717, 1.165) is 28.2 Å². The summed E-state index contributed by atoms with van der Waals surface area (Å²) in [6.45, 7) is 6.46. The molecular weight excluding hydrogens is 374 g/mol. The van der Waals surface area contributed by atoms with Crippen LogP contribution >= 0.6 is 0 Å². The zero-order valence-electron chi connectivity index (χ0n) is 17.4. The van der Waals surface area contributed by atoms with E-state index in [0.29, 0.717) is 12.1 Å². The fourth-order valence-electron chi connectivity index (χ4n) is 3.63. The molecule has 0 radical (unpaired) electrons. The summed E-state index contributed by atoms with van der Waals surface area (Å²) in [6.07, 6.45) is 5.41. The Morgan fingerprint density at radius 3 is 2.47 bits per heavy atom. The second-order valence-corrected chi connectivity index (χ2v) is 7.45. The van der Waals surface area contributed by atoms with E-state index in [1.807, 2.05) is 78.7 Å². The maximum absolute atomic E-state index is 13.0. The molecule has 0 spiro atoms. The van der Waals surface area contributed by atoms with Crippen molar-refractivity contribution in [2.45, 2.75) is 33.4 Å². The maximum atomic E-state index is 13.0. The van der Waals surface area contributed by atoms with Crippen LogP contribution in [0.25, 0.3) is 5.69 Å². The number of benzene rings is 2. The first-order valence-electron chi connectivity index (χ1n) is 10.00. The van der Waals surface area contributed by atoms with Crippen molar-refractivity contribution >= 4 is 5.91 Å². The van der Waals surface area contributed by atoms with Crippen molar-refractivity contribution in [1.82, 2.24) is 24.6 Å². The minimum Gasteiger partial charge on any atom is -0.345 e. The molecule has 2 heterocycles. The van der Waals surface area contributed by atoms with Gasteiger partial charge in [-0.2, -0.15) is 5.10 Å². The summed E-state index contributed by atoms with van der Waals surface area (Å²) < 4.78 is 3.84. The fraction of sp³-hybridized carbons (Fsp3) is 0.208. The van der Waals surface area contributed by atoms with Crippen molar-refractivity contribution in [3.8, 4) is 5.69 Å². The van der Waals surface area contributed by atoms with Crippen molar-refractivity contribution in [3.63, 3.8) is 0 Å². The Balaban J connectivity index is 1.48. The Morgan fingerprint density at radius 1 is 1.07 bits per heavy atom. The van der Waals surface area contributed by atoms with Crippen LogP contribution in [0.1, 0.15) is 45.8 Å². The number of nitrogens with one attached hydrogen (secondary N) is 1. The lowest BCUT2D eigenvalue weighted by Gasteiger charge is -2.15. The van der Waals surface area contributed by atoms with E-state index in [1.54, 1.807) is 12.5 Å². The maximum Gasteiger partial charge on any atom is 0.255 e. The van der Waals surface area contributed by atoms with Crippen LogP contribution in [-0.4, -0.2) is 25.2 Å². The Kier molecular flexibility index (Phi) is 5.48. The molecular formula is C24H25N5O. The molecule has 2 aromatic carbocycles. The summed E-state index contributed by atoms with van der Waals surface area (Å²) in [5.41, 5.74) is 5.48. The van der Waals surface area contributed by atoms with E-state index in [2.05, 4.69) is 27.5 Å². The summed E-state index contributed by atoms with van der Waals surface area (Å²) in [5, 5.41) is 7.71. The monoisotopic (exact) mass is 399 g/mol. The molecule has 2 aromatic heterocycles. The summed E-state index contributed by atoms with van der Waals surface area (Å²) in [4.78, 5) is 17.1. The Bertz CT molecular complexity index is 1130. The highest BCUT2D eigenvalue weighted by molar-refractivity contribution is 5.96. The first kappa shape index (κ1) is 19.6. The van der Waals surface area contributed by atoms with Crippen molar-refractivity contribution < 1.29 is 4.79 Å². The molecule has 0 bridgehead atoms. The van der Waals surface area contributed by atoms with Gasteiger partial charge in [0.25, 0.3) is 5.91 Å². The standard InChI is InChI=1S/C24H25N5O/c1-17(21-9-11-22(12-10-21)28-14-13-25-16-28)26-24(30)23-18(2)27-29(19(23)3)15-20-7-5-4-6-8-20/h4-14,16-17H,15H2,1-3H3,(H,26,30)/t17-/m1/s1. The van der Waals surface area contributed by atoms with Crippen LogP contribution in [0.5, 0.6) is 0 Å². The second-order valence-electron chi connectivity index (χ2n) is 7.45. The molecule has 1 N–H and O–H groups in total. The van der Waals surface area contributed by atoms with E-state index in [4.69, 9.17) is 0 Å². The number of imidazole rings is 1. The van der Waals surface area contributed by atoms with Gasteiger partial charge in [-0.25, -0.2) is 4.98 Å². The third kappa shape index (κ3) is 4.03. The highest BCUT2D eigenvalue weighted by atomic mass is 16.1. The van der Waals surface area contributed by atoms with E-state index >= 15 is 0 Å². The van der Waals surface area contributed by atoms with E-state index in [-0.39, 0.29) is 11.9 Å². The molecule has 0 saturated heterocycles. The lowest BCUT2D eigenvalue weighted by atomic mass is 10.1. The van der Waals surface area contributed by atoms with Gasteiger partial charge in [0.2, 0.25) is 0 Å². The smallest absolute Gasteiger partial charge is 0.255 e. The SMILES string of the molecule is Cc1nn(Cc2ccccc2)c(C)c1C(=O)N[C@H](C)c1ccc(-n2ccnc2)cc1. The number of aromatic nitrogens is 4. The molecule has 152 valence electrons. The normalized spacial score (nSPS) is 12.0. The number of aryl methyl sites for hydroxylation is 1. The Hall–Kier alpha value is -3.67. The number of carbonyl (C=O) groups excluding carboxylic acids is 1. The van der Waals surface area contributed by atoms with Gasteiger partial charge in [-0.1, -0.05) is 42.5 Å². The first-order chi connectivity index (χ1) is 14.5. The molecule has 30 heavy (non-hydrogen) atoms. The van der Waals surface area contributed by atoms with Gasteiger partial charge in [-0.15, -0.1) is 0 Å². The number of hydrogen-bond donors (Lipinski definition) is 1. The van der Waals surface area contributed by atoms with Gasteiger partial charge in [-0.3, -0.25) is 9.48 Å². The fourth-order valence-corrected chi connectivity index (χ4v) is 3.63. The third-order valence-corrected chi connectivity index (χ3v) is 5.33. The van der Waals surface area contributed by atoms with Crippen LogP contribution in [0.15, 0.2) is 73.3 Å². The van der Waals surface area contributed by atoms with Gasteiger partial charge in [0.15, 0.2) is 0 Å². The molecule has 4 rings (SSSR count). The van der Waals surface area contributed by atoms with Gasteiger partial charge in [0.05, 0.1) is 30.2 Å². The van der Waals surface area contributed by atoms with Gasteiger partial charge >= 0.3 is 0 Å². The minimum atomic E-state index is -0.120. The molecule has 6 heteroatoms. The summed E-state index contributed by atoms with van der Waals surface area (Å²) in [5.74, 6) is -0.101. The molecule has 0 saturated carbocycles. The number of carbonyl (C=O) groups is 1. The third-order valence-electron chi connectivity index (χ3n) is 5.33. The van der Waals surface area contributed by atoms with Gasteiger partial charge in [-0.05, 0) is 44.0 Å². The van der Waals surface area contributed by atoms with Crippen LogP contribution < -0.4 is 5.32 Å². The number of nitrogens with zero attached hydrogens (tertiary/aromatic N) is 4. The average molecular weight is 399 g/mol. The zero-order valence-corrected chi connectivity index (χ0v) is 17.4. The second kappa shape index (κ2) is 8.37. The number of rotatable bonds is 6. The van der Waals surface area contributed by atoms with E-state index in [9.17, 15) is 4.79 Å². The number of hydrogen-bond acceptors (Lipinski definition) is 3. The highest BCUT2D eigenvalue weighted by Crippen LogP contribution is 2.19. The van der Waals surface area contributed by atoms with Crippen LogP contribution in [-0.2, 0) is 6.54 Å². The first-order valence-corrected chi connectivity index (χ1v) is 10.00. The summed E-state index contributed by atoms with van der Waals surface area (Å²) >= 11 is 0. The molecule has 1 amide bonds. The van der Waals surface area contributed by atoms with Gasteiger partial charge in [0.1, 0.15) is 0 Å². The molecule has 6 nitrogen and oxygen atoms in total. The molecule has 1 atom stereocenters. The van der Waals surface area contributed by atoms with Crippen LogP contribution in [0.3, 0.4) is 0 Å². The van der Waals surface area contributed by atoms with Crippen molar-refractivity contribution in [1.29, 1.82) is 0 Å². The number of amides is 1. The molecule has 0 aliphatic carbocycles. The molecule has 0 aliphatic rings. The molecule has 4 aromatic rings. The van der Waals surface area contributed by atoms with Crippen LogP contribution in [0.2, 0.25) is 0 Å². The average Bonchev–Trinajstić information content (AvgIpc) is 3.37. The largest absolute Gasteiger partial charge is 0.345 e. The minimum absolute atomic E-state index is 0.101. The Morgan fingerprint density at radius 2 is 1.80 bits per heavy atom. The summed E-state index contributed by atoms with van der Waals surface area (Å²) in [6, 6.07) is 18.1. The summed E-state index contributed by atoms with van der Waals surface area (Å²) in [7, 11) is 0. The van der Waals surface area contributed by atoms with E-state index in [1.165, 1.54) is 0 Å². The Labute approximate surface area is 176 Å². The highest BCUT2D eigenvalue weighted by Gasteiger charge is 2.20. The molecule has 0 fully saturated rings. The predicted molar refractivity (Wildman–Crippen MR) is 117 cm³/mol. The van der Waals surface area contributed by atoms with E-state index < -0.39 is 0 Å². The lowest BCUT2D eigenvalue weighted by molar-refractivity contribution is 0.0938. The molecule has 0 aliphatic heterocycles. The van der Waals surface area contributed by atoms with Crippen molar-refractivity contribution in [2.75, 3.05) is 0 Å². The van der Waals surface area contributed by atoms with Gasteiger partial charge < -0.3 is 9.88 Å². The van der Waals surface area contributed by atoms with Gasteiger partial charge in [0, 0.05) is 23.8 Å². The topological polar surface area (TPSA) is 64.7 Å². The quantitative estimate of drug-likeness (QED) is 0.528. The van der Waals surface area contributed by atoms with Crippen LogP contribution in [0, 0.1) is 13.8 Å². The van der Waals surface area contributed by atoms with Crippen molar-refractivity contribution in [3.05, 3.63) is 101 Å². The van der Waals surface area contributed by atoms with Crippen molar-refractivity contribution in [2.24, 2.45) is 0 Å². The zero-order chi connectivity index (χ0) is 21.1.